The Morgan fingerprint density at radius 3 is 2.33 bits per heavy atom. The molecule has 0 aliphatic carbocycles. The van der Waals surface area contributed by atoms with Crippen LogP contribution in [0.1, 0.15) is 26.2 Å². The molecule has 1 unspecified atom stereocenters. The van der Waals surface area contributed by atoms with Gasteiger partial charge in [0.05, 0.1) is 14.2 Å². The van der Waals surface area contributed by atoms with Crippen LogP contribution < -0.4 is 0 Å². The summed E-state index contributed by atoms with van der Waals surface area (Å²) < 4.78 is 0. The molecule has 0 spiro atoms. The number of hydrogen-bond acceptors (Lipinski definition) is 1. The fourth-order valence-electron chi connectivity index (χ4n) is 1.03. The van der Waals surface area contributed by atoms with Gasteiger partial charge in [-0.25, -0.2) is 0 Å². The van der Waals surface area contributed by atoms with Gasteiger partial charge in [-0.15, -0.1) is 0 Å². The predicted molar refractivity (Wildman–Crippen MR) is 58.0 cm³/mol. The van der Waals surface area contributed by atoms with E-state index in [2.05, 4.69) is 38.3 Å². The molecule has 12 heavy (non-hydrogen) atoms. The van der Waals surface area contributed by atoms with Gasteiger partial charge in [0.1, 0.15) is 0 Å². The number of hydrogen-bond donors (Lipinski definition) is 1. The van der Waals surface area contributed by atoms with Gasteiger partial charge >= 0.3 is 0 Å². The number of rotatable bonds is 5. The first-order valence-electron chi connectivity index (χ1n) is 4.81. The first-order chi connectivity index (χ1) is 5.45. The standard InChI is InChI=1S/C10H22OSi/c1-5-7-10(11)8-6-9-12(2,3)4/h6,9-11H,5,7-8H2,1-4H3/b9-6+. The van der Waals surface area contributed by atoms with E-state index in [-0.39, 0.29) is 6.10 Å². The van der Waals surface area contributed by atoms with Gasteiger partial charge < -0.3 is 5.11 Å². The van der Waals surface area contributed by atoms with Crippen LogP contribution in [-0.4, -0.2) is 19.3 Å². The van der Waals surface area contributed by atoms with Crippen LogP contribution in [0.3, 0.4) is 0 Å². The third kappa shape index (κ3) is 8.02. The van der Waals surface area contributed by atoms with E-state index in [0.29, 0.717) is 0 Å². The van der Waals surface area contributed by atoms with E-state index in [1.807, 2.05) is 0 Å². The lowest BCUT2D eigenvalue weighted by Crippen LogP contribution is -2.16. The molecule has 0 bridgehead atoms. The predicted octanol–water partition coefficient (Wildman–Crippen LogP) is 2.97. The fraction of sp³-hybridized carbons (Fsp3) is 0.800. The van der Waals surface area contributed by atoms with E-state index in [0.717, 1.165) is 19.3 Å². The molecule has 2 heteroatoms. The molecule has 0 saturated heterocycles. The van der Waals surface area contributed by atoms with Crippen molar-refractivity contribution in [2.75, 3.05) is 0 Å². The minimum absolute atomic E-state index is 0.123. The zero-order valence-electron chi connectivity index (χ0n) is 8.80. The molecule has 72 valence electrons. The fourth-order valence-corrected chi connectivity index (χ4v) is 1.87. The summed E-state index contributed by atoms with van der Waals surface area (Å²) in [4.78, 5) is 0. The molecule has 0 aromatic heterocycles. The van der Waals surface area contributed by atoms with E-state index >= 15 is 0 Å². The Balaban J connectivity index is 3.60. The number of aliphatic hydroxyl groups is 1. The lowest BCUT2D eigenvalue weighted by Gasteiger charge is -2.09. The Morgan fingerprint density at radius 1 is 1.33 bits per heavy atom. The van der Waals surface area contributed by atoms with Crippen molar-refractivity contribution in [3.8, 4) is 0 Å². The Bertz CT molecular complexity index is 135. The van der Waals surface area contributed by atoms with Crippen molar-refractivity contribution in [3.63, 3.8) is 0 Å². The van der Waals surface area contributed by atoms with E-state index < -0.39 is 8.07 Å². The highest BCUT2D eigenvalue weighted by Crippen LogP contribution is 2.06. The van der Waals surface area contributed by atoms with Gasteiger partial charge in [-0.2, -0.15) is 0 Å². The summed E-state index contributed by atoms with van der Waals surface area (Å²) in [6, 6.07) is 0. The van der Waals surface area contributed by atoms with Crippen molar-refractivity contribution >= 4 is 8.07 Å². The smallest absolute Gasteiger partial charge is 0.0682 e. The van der Waals surface area contributed by atoms with E-state index in [1.54, 1.807) is 0 Å². The SMILES string of the molecule is CCCC(O)C/C=C/[Si](C)(C)C. The third-order valence-electron chi connectivity index (χ3n) is 1.65. The van der Waals surface area contributed by atoms with Crippen LogP contribution in [-0.2, 0) is 0 Å². The zero-order valence-corrected chi connectivity index (χ0v) is 9.80. The van der Waals surface area contributed by atoms with Crippen LogP contribution in [0.5, 0.6) is 0 Å². The van der Waals surface area contributed by atoms with Crippen LogP contribution in [0.15, 0.2) is 11.8 Å². The average Bonchev–Trinajstić information content (AvgIpc) is 1.84. The highest BCUT2D eigenvalue weighted by Gasteiger charge is 2.07. The molecule has 1 N–H and O–H groups in total. The number of aliphatic hydroxyl groups excluding tert-OH is 1. The van der Waals surface area contributed by atoms with Crippen molar-refractivity contribution in [2.24, 2.45) is 0 Å². The van der Waals surface area contributed by atoms with E-state index in [9.17, 15) is 5.11 Å². The quantitative estimate of drug-likeness (QED) is 0.655. The molecule has 1 atom stereocenters. The van der Waals surface area contributed by atoms with Gasteiger partial charge in [0.15, 0.2) is 0 Å². The highest BCUT2D eigenvalue weighted by atomic mass is 28.3. The molecule has 0 fully saturated rings. The summed E-state index contributed by atoms with van der Waals surface area (Å²) in [6.07, 6.45) is 4.85. The zero-order chi connectivity index (χ0) is 9.61. The highest BCUT2D eigenvalue weighted by molar-refractivity contribution is 6.80. The molecular formula is C10H22OSi. The van der Waals surface area contributed by atoms with Crippen LogP contribution in [0.2, 0.25) is 19.6 Å². The van der Waals surface area contributed by atoms with Gasteiger partial charge in [-0.3, -0.25) is 0 Å². The minimum Gasteiger partial charge on any atom is -0.393 e. The minimum atomic E-state index is -1.04. The molecule has 0 aliphatic heterocycles. The van der Waals surface area contributed by atoms with Crippen LogP contribution in [0, 0.1) is 0 Å². The van der Waals surface area contributed by atoms with Gasteiger partial charge in [0.2, 0.25) is 0 Å². The summed E-state index contributed by atoms with van der Waals surface area (Å²) in [5, 5.41) is 9.41. The summed E-state index contributed by atoms with van der Waals surface area (Å²) in [7, 11) is -1.04. The molecule has 0 saturated carbocycles. The van der Waals surface area contributed by atoms with Gasteiger partial charge in [0, 0.05) is 0 Å². The summed E-state index contributed by atoms with van der Waals surface area (Å²) >= 11 is 0. The summed E-state index contributed by atoms with van der Waals surface area (Å²) in [6.45, 7) is 9.01. The van der Waals surface area contributed by atoms with Gasteiger partial charge in [0.25, 0.3) is 0 Å². The lowest BCUT2D eigenvalue weighted by molar-refractivity contribution is 0.167. The topological polar surface area (TPSA) is 20.2 Å². The molecule has 0 aliphatic rings. The third-order valence-corrected chi connectivity index (χ3v) is 2.88. The second-order valence-corrected chi connectivity index (χ2v) is 9.51. The maximum Gasteiger partial charge on any atom is 0.0682 e. The van der Waals surface area contributed by atoms with Gasteiger partial charge in [-0.1, -0.05) is 44.8 Å². The lowest BCUT2D eigenvalue weighted by atomic mass is 10.1. The second-order valence-electron chi connectivity index (χ2n) is 4.45. The molecule has 0 aromatic carbocycles. The molecular weight excluding hydrogens is 164 g/mol. The summed E-state index contributed by atoms with van der Waals surface area (Å²) in [5.41, 5.74) is 2.30. The monoisotopic (exact) mass is 186 g/mol. The summed E-state index contributed by atoms with van der Waals surface area (Å²) in [5.74, 6) is 0. The average molecular weight is 186 g/mol. The van der Waals surface area contributed by atoms with Crippen LogP contribution in [0.25, 0.3) is 0 Å². The largest absolute Gasteiger partial charge is 0.393 e. The normalized spacial score (nSPS) is 15.4. The van der Waals surface area contributed by atoms with E-state index in [4.69, 9.17) is 0 Å². The van der Waals surface area contributed by atoms with Crippen molar-refractivity contribution < 1.29 is 5.11 Å². The maximum absolute atomic E-state index is 9.41. The molecule has 1 nitrogen and oxygen atoms in total. The van der Waals surface area contributed by atoms with Crippen molar-refractivity contribution in [1.82, 2.24) is 0 Å². The molecule has 0 rings (SSSR count). The Morgan fingerprint density at radius 2 is 1.92 bits per heavy atom. The van der Waals surface area contributed by atoms with Crippen LogP contribution in [0.4, 0.5) is 0 Å². The van der Waals surface area contributed by atoms with E-state index in [1.165, 1.54) is 0 Å². The van der Waals surface area contributed by atoms with Crippen molar-refractivity contribution in [1.29, 1.82) is 0 Å². The first-order valence-corrected chi connectivity index (χ1v) is 8.39. The van der Waals surface area contributed by atoms with Crippen LogP contribution >= 0.6 is 0 Å². The molecule has 0 radical (unpaired) electrons. The van der Waals surface area contributed by atoms with Gasteiger partial charge in [-0.05, 0) is 12.8 Å². The second kappa shape index (κ2) is 5.54. The first kappa shape index (κ1) is 11.9. The Kier molecular flexibility index (Phi) is 5.50. The molecule has 0 aromatic rings. The Labute approximate surface area is 77.5 Å². The maximum atomic E-state index is 9.41. The van der Waals surface area contributed by atoms with Crippen molar-refractivity contribution in [3.05, 3.63) is 11.8 Å². The van der Waals surface area contributed by atoms with Crippen molar-refractivity contribution in [2.45, 2.75) is 51.9 Å². The molecule has 0 heterocycles. The Hall–Kier alpha value is -0.0831. The molecule has 0 amide bonds.